The minimum atomic E-state index is -0.597. The van der Waals surface area contributed by atoms with Crippen molar-refractivity contribution in [1.82, 2.24) is 0 Å². The van der Waals surface area contributed by atoms with Gasteiger partial charge in [-0.05, 0) is 62.4 Å². The number of unbranched alkanes of at least 4 members (excludes halogenated alkanes) is 1. The van der Waals surface area contributed by atoms with Gasteiger partial charge < -0.3 is 23.7 Å². The third-order valence-electron chi connectivity index (χ3n) is 5.60. The van der Waals surface area contributed by atoms with Crippen molar-refractivity contribution in [1.29, 1.82) is 0 Å². The molecule has 1 aromatic heterocycles. The Kier molecular flexibility index (Phi) is 9.41. The topological polar surface area (TPSA) is 61.1 Å². The lowest BCUT2D eigenvalue weighted by Crippen LogP contribution is -1.95. The third-order valence-corrected chi connectivity index (χ3v) is 5.60. The van der Waals surface area contributed by atoms with Gasteiger partial charge in [-0.15, -0.1) is 0 Å². The van der Waals surface area contributed by atoms with E-state index in [-0.39, 0.29) is 0 Å². The SMILES string of the molecule is COc1cc(/C=C\CC/C=C/C=C(\C)CCC(O)c2cc3ccccc3o2)cc(OC)c1OC. The molecule has 0 aliphatic carbocycles. The fourth-order valence-corrected chi connectivity index (χ4v) is 3.69. The summed E-state index contributed by atoms with van der Waals surface area (Å²) in [5.74, 6) is 2.51. The van der Waals surface area contributed by atoms with Crippen molar-refractivity contribution in [3.8, 4) is 17.2 Å². The quantitative estimate of drug-likeness (QED) is 0.227. The highest BCUT2D eigenvalue weighted by atomic mass is 16.5. The Bertz CT molecular complexity index is 1090. The van der Waals surface area contributed by atoms with Gasteiger partial charge in [0.1, 0.15) is 17.4 Å². The van der Waals surface area contributed by atoms with Crippen molar-refractivity contribution >= 4 is 17.0 Å². The fourth-order valence-electron chi connectivity index (χ4n) is 3.69. The molecule has 3 aromatic rings. The van der Waals surface area contributed by atoms with Crippen LogP contribution in [0.4, 0.5) is 0 Å². The summed E-state index contributed by atoms with van der Waals surface area (Å²) in [4.78, 5) is 0. The highest BCUT2D eigenvalue weighted by molar-refractivity contribution is 5.77. The first-order chi connectivity index (χ1) is 16.5. The largest absolute Gasteiger partial charge is 0.493 e. The normalized spacial score (nSPS) is 13.1. The molecule has 34 heavy (non-hydrogen) atoms. The maximum Gasteiger partial charge on any atom is 0.203 e. The number of hydrogen-bond donors (Lipinski definition) is 1. The Labute approximate surface area is 202 Å². The van der Waals surface area contributed by atoms with Crippen LogP contribution in [0.25, 0.3) is 17.0 Å². The average molecular weight is 463 g/mol. The number of allylic oxidation sites excluding steroid dienone is 5. The van der Waals surface area contributed by atoms with Crippen molar-refractivity contribution < 1.29 is 23.7 Å². The van der Waals surface area contributed by atoms with Crippen LogP contribution in [0.2, 0.25) is 0 Å². The number of fused-ring (bicyclic) bond motifs is 1. The lowest BCUT2D eigenvalue weighted by atomic mass is 10.1. The van der Waals surface area contributed by atoms with Gasteiger partial charge >= 0.3 is 0 Å². The van der Waals surface area contributed by atoms with Crippen LogP contribution < -0.4 is 14.2 Å². The molecule has 0 spiro atoms. The Morgan fingerprint density at radius 2 is 1.68 bits per heavy atom. The molecule has 0 fully saturated rings. The second-order valence-electron chi connectivity index (χ2n) is 8.12. The van der Waals surface area contributed by atoms with E-state index in [1.807, 2.05) is 42.5 Å². The molecule has 1 N–H and O–H groups in total. The average Bonchev–Trinajstić information content (AvgIpc) is 3.30. The zero-order valence-electron chi connectivity index (χ0n) is 20.4. The van der Waals surface area contributed by atoms with E-state index in [0.717, 1.165) is 35.8 Å². The monoisotopic (exact) mass is 462 g/mol. The fraction of sp³-hybridized carbons (Fsp3) is 0.310. The molecule has 0 aliphatic heterocycles. The lowest BCUT2D eigenvalue weighted by molar-refractivity contribution is 0.143. The predicted molar refractivity (Wildman–Crippen MR) is 138 cm³/mol. The minimum Gasteiger partial charge on any atom is -0.493 e. The number of benzene rings is 2. The van der Waals surface area contributed by atoms with Crippen molar-refractivity contribution in [2.45, 2.75) is 38.7 Å². The zero-order valence-corrected chi connectivity index (χ0v) is 20.4. The van der Waals surface area contributed by atoms with Gasteiger partial charge in [0.15, 0.2) is 11.5 Å². The van der Waals surface area contributed by atoms with Gasteiger partial charge in [0.05, 0.1) is 21.3 Å². The number of furan rings is 1. The summed E-state index contributed by atoms with van der Waals surface area (Å²) in [5, 5.41) is 11.5. The van der Waals surface area contributed by atoms with Gasteiger partial charge in [-0.3, -0.25) is 0 Å². The van der Waals surface area contributed by atoms with E-state index in [4.69, 9.17) is 18.6 Å². The summed E-state index contributed by atoms with van der Waals surface area (Å²) in [6.45, 7) is 2.08. The number of aliphatic hydroxyl groups is 1. The van der Waals surface area contributed by atoms with Gasteiger partial charge in [0, 0.05) is 5.39 Å². The highest BCUT2D eigenvalue weighted by Gasteiger charge is 2.13. The van der Waals surface area contributed by atoms with Crippen molar-refractivity contribution in [3.05, 3.63) is 83.7 Å². The third kappa shape index (κ3) is 6.78. The number of aliphatic hydroxyl groups excluding tert-OH is 1. The molecule has 0 saturated carbocycles. The first-order valence-electron chi connectivity index (χ1n) is 11.5. The molecule has 0 aliphatic rings. The number of methoxy groups -OCH3 is 3. The maximum absolute atomic E-state index is 10.5. The molecule has 0 radical (unpaired) electrons. The van der Waals surface area contributed by atoms with Gasteiger partial charge in [0.2, 0.25) is 5.75 Å². The predicted octanol–water partition coefficient (Wildman–Crippen LogP) is 7.27. The summed E-state index contributed by atoms with van der Waals surface area (Å²) in [6, 6.07) is 13.6. The summed E-state index contributed by atoms with van der Waals surface area (Å²) >= 11 is 0. The molecule has 0 saturated heterocycles. The number of para-hydroxylation sites is 1. The summed E-state index contributed by atoms with van der Waals surface area (Å²) in [7, 11) is 4.83. The molecule has 180 valence electrons. The Morgan fingerprint density at radius 3 is 2.35 bits per heavy atom. The van der Waals surface area contributed by atoms with E-state index in [1.165, 1.54) is 5.57 Å². The summed E-state index contributed by atoms with van der Waals surface area (Å²) in [6.07, 6.45) is 13.2. The van der Waals surface area contributed by atoms with E-state index in [2.05, 4.69) is 37.3 Å². The van der Waals surface area contributed by atoms with Crippen LogP contribution in [0.3, 0.4) is 0 Å². The first kappa shape index (κ1) is 25.2. The van der Waals surface area contributed by atoms with Crippen LogP contribution in [0, 0.1) is 0 Å². The van der Waals surface area contributed by atoms with Crippen LogP contribution in [-0.2, 0) is 0 Å². The Balaban J connectivity index is 1.43. The van der Waals surface area contributed by atoms with Crippen LogP contribution in [-0.4, -0.2) is 26.4 Å². The molecule has 3 rings (SSSR count). The minimum absolute atomic E-state index is 0.595. The molecule has 0 bridgehead atoms. The van der Waals surface area contributed by atoms with Crippen LogP contribution in [0.1, 0.15) is 50.0 Å². The van der Waals surface area contributed by atoms with E-state index in [9.17, 15) is 5.11 Å². The zero-order chi connectivity index (χ0) is 24.3. The molecule has 2 aromatic carbocycles. The molecule has 5 heteroatoms. The van der Waals surface area contributed by atoms with Crippen molar-refractivity contribution in [2.24, 2.45) is 0 Å². The van der Waals surface area contributed by atoms with E-state index in [0.29, 0.717) is 29.4 Å². The van der Waals surface area contributed by atoms with Crippen LogP contribution in [0.5, 0.6) is 17.2 Å². The van der Waals surface area contributed by atoms with Gasteiger partial charge in [-0.2, -0.15) is 0 Å². The van der Waals surface area contributed by atoms with E-state index >= 15 is 0 Å². The lowest BCUT2D eigenvalue weighted by Gasteiger charge is -2.12. The number of rotatable bonds is 12. The van der Waals surface area contributed by atoms with Crippen molar-refractivity contribution in [2.75, 3.05) is 21.3 Å². The maximum atomic E-state index is 10.5. The smallest absolute Gasteiger partial charge is 0.203 e. The second kappa shape index (κ2) is 12.7. The Hall–Kier alpha value is -3.44. The van der Waals surface area contributed by atoms with Gasteiger partial charge in [-0.1, -0.05) is 54.2 Å². The molecule has 1 heterocycles. The molecule has 5 nitrogen and oxygen atoms in total. The molecule has 1 unspecified atom stereocenters. The van der Waals surface area contributed by atoms with Crippen LogP contribution >= 0.6 is 0 Å². The van der Waals surface area contributed by atoms with Crippen molar-refractivity contribution in [3.63, 3.8) is 0 Å². The highest BCUT2D eigenvalue weighted by Crippen LogP contribution is 2.38. The van der Waals surface area contributed by atoms with Gasteiger partial charge in [0.25, 0.3) is 0 Å². The Morgan fingerprint density at radius 1 is 0.971 bits per heavy atom. The molecule has 1 atom stereocenters. The van der Waals surface area contributed by atoms with E-state index in [1.54, 1.807) is 21.3 Å². The summed E-state index contributed by atoms with van der Waals surface area (Å²) < 4.78 is 21.9. The molecule has 0 amide bonds. The standard InChI is InChI=1S/C29H34O5/c1-21(16-17-24(30)26-20-23-14-10-11-15-25(23)34-26)12-8-6-5-7-9-13-22-18-27(31-2)29(33-4)28(19-22)32-3/h6,8-15,18-20,24,30H,5,7,16-17H2,1-4H3/b8-6+,13-9-,21-12+. The molecular formula is C29H34O5. The van der Waals surface area contributed by atoms with Crippen LogP contribution in [0.15, 0.2) is 76.8 Å². The first-order valence-corrected chi connectivity index (χ1v) is 11.5. The number of hydrogen-bond acceptors (Lipinski definition) is 5. The second-order valence-corrected chi connectivity index (χ2v) is 8.12. The van der Waals surface area contributed by atoms with Gasteiger partial charge in [-0.25, -0.2) is 0 Å². The summed E-state index contributed by atoms with van der Waals surface area (Å²) in [5.41, 5.74) is 3.03. The van der Waals surface area contributed by atoms with E-state index < -0.39 is 6.10 Å². The molecular weight excluding hydrogens is 428 g/mol. The number of ether oxygens (including phenoxy) is 3.